The highest BCUT2D eigenvalue weighted by atomic mass is 17.2. The monoisotopic (exact) mass is 417 g/mol. The molecule has 0 aliphatic heterocycles. The third kappa shape index (κ3) is 5.31. The summed E-state index contributed by atoms with van der Waals surface area (Å²) in [5, 5.41) is 20.1. The molecule has 0 spiro atoms. The molecular formula is C20H23N3O7. The molecule has 10 nitrogen and oxygen atoms in total. The van der Waals surface area contributed by atoms with Gasteiger partial charge < -0.3 is 25.6 Å². The second-order valence-electron chi connectivity index (χ2n) is 6.04. The van der Waals surface area contributed by atoms with E-state index in [4.69, 9.17) is 30.4 Å². The van der Waals surface area contributed by atoms with Crippen molar-refractivity contribution >= 4 is 23.5 Å². The lowest BCUT2D eigenvalue weighted by atomic mass is 10.0. The summed E-state index contributed by atoms with van der Waals surface area (Å²) in [6.07, 6.45) is 0.0751. The highest BCUT2D eigenvalue weighted by Crippen LogP contribution is 2.39. The smallest absolute Gasteiger partial charge is 0.355 e. The minimum atomic E-state index is -1.29. The third-order valence-electron chi connectivity index (χ3n) is 4.09. The zero-order chi connectivity index (χ0) is 22.3. The maximum Gasteiger partial charge on any atom is 0.355 e. The maximum absolute atomic E-state index is 12.0. The number of amidine groups is 1. The number of carboxylic acid groups (broad SMARTS) is 1. The van der Waals surface area contributed by atoms with Gasteiger partial charge in [-0.05, 0) is 30.3 Å². The Balaban J connectivity index is 2.46. The maximum atomic E-state index is 12.0. The van der Waals surface area contributed by atoms with Gasteiger partial charge in [-0.1, -0.05) is 6.92 Å². The van der Waals surface area contributed by atoms with Crippen LogP contribution in [0.25, 0.3) is 0 Å². The molecule has 0 fully saturated rings. The molecule has 2 rings (SSSR count). The first-order chi connectivity index (χ1) is 14.3. The molecule has 0 aromatic heterocycles. The topological polar surface area (TPSA) is 153 Å². The van der Waals surface area contributed by atoms with E-state index in [1.54, 1.807) is 31.2 Å². The Kier molecular flexibility index (Phi) is 7.45. The third-order valence-corrected chi connectivity index (χ3v) is 4.09. The lowest BCUT2D eigenvalue weighted by molar-refractivity contribution is -0.213. The van der Waals surface area contributed by atoms with Crippen LogP contribution in [0.15, 0.2) is 36.4 Å². The number of carboxylic acids is 1. The SMILES string of the molecule is CCC(=O)OOc1cc(OC)c(OC)cc1[C@H](Nc1ccc(C(=N)N)cc1)C(=O)O. The minimum absolute atomic E-state index is 0.0327. The number of carbonyl (C=O) groups is 2. The lowest BCUT2D eigenvalue weighted by Crippen LogP contribution is -2.22. The van der Waals surface area contributed by atoms with Gasteiger partial charge in [0.1, 0.15) is 5.84 Å². The van der Waals surface area contributed by atoms with Gasteiger partial charge in [-0.3, -0.25) is 15.2 Å². The van der Waals surface area contributed by atoms with Gasteiger partial charge in [0.25, 0.3) is 0 Å². The molecule has 0 amide bonds. The zero-order valence-electron chi connectivity index (χ0n) is 16.7. The number of benzene rings is 2. The molecule has 0 radical (unpaired) electrons. The Labute approximate surface area is 172 Å². The first kappa shape index (κ1) is 22.3. The van der Waals surface area contributed by atoms with Crippen LogP contribution >= 0.6 is 0 Å². The molecule has 0 aliphatic rings. The number of ether oxygens (including phenoxy) is 2. The van der Waals surface area contributed by atoms with E-state index in [2.05, 4.69) is 5.32 Å². The largest absolute Gasteiger partial charge is 0.493 e. The van der Waals surface area contributed by atoms with Crippen molar-refractivity contribution in [1.82, 2.24) is 0 Å². The van der Waals surface area contributed by atoms with E-state index in [-0.39, 0.29) is 35.1 Å². The average Bonchev–Trinajstić information content (AvgIpc) is 2.75. The molecule has 0 aliphatic carbocycles. The van der Waals surface area contributed by atoms with E-state index in [1.165, 1.54) is 26.4 Å². The minimum Gasteiger partial charge on any atom is -0.493 e. The van der Waals surface area contributed by atoms with Gasteiger partial charge in [-0.25, -0.2) is 9.59 Å². The molecule has 10 heteroatoms. The van der Waals surface area contributed by atoms with E-state index >= 15 is 0 Å². The van der Waals surface area contributed by atoms with Crippen molar-refractivity contribution in [2.24, 2.45) is 5.73 Å². The highest BCUT2D eigenvalue weighted by molar-refractivity contribution is 5.95. The number of hydrogen-bond donors (Lipinski definition) is 4. The van der Waals surface area contributed by atoms with Crippen LogP contribution in [0.4, 0.5) is 5.69 Å². The summed E-state index contributed by atoms with van der Waals surface area (Å²) in [5.41, 5.74) is 6.53. The number of carbonyl (C=O) groups excluding carboxylic acids is 1. The van der Waals surface area contributed by atoms with Crippen molar-refractivity contribution in [2.45, 2.75) is 19.4 Å². The number of nitrogen functional groups attached to an aromatic ring is 1. The van der Waals surface area contributed by atoms with Gasteiger partial charge in [-0.2, -0.15) is 0 Å². The zero-order valence-corrected chi connectivity index (χ0v) is 16.7. The molecule has 0 unspecified atom stereocenters. The molecule has 30 heavy (non-hydrogen) atoms. The van der Waals surface area contributed by atoms with E-state index in [0.29, 0.717) is 11.3 Å². The van der Waals surface area contributed by atoms with Crippen molar-refractivity contribution < 1.29 is 33.9 Å². The van der Waals surface area contributed by atoms with Crippen LogP contribution in [0, 0.1) is 5.41 Å². The van der Waals surface area contributed by atoms with E-state index in [1.807, 2.05) is 0 Å². The standard InChI is InChI=1S/C20H23N3O7/c1-4-17(24)30-29-14-10-16(28-3)15(27-2)9-13(14)18(20(25)26)23-12-7-5-11(6-8-12)19(21)22/h5-10,18,23H,4H2,1-3H3,(H3,21,22)(H,25,26)/t18-/m0/s1. The fourth-order valence-electron chi connectivity index (χ4n) is 2.51. The fourth-order valence-corrected chi connectivity index (χ4v) is 2.51. The quantitative estimate of drug-likeness (QED) is 0.197. The van der Waals surface area contributed by atoms with Crippen LogP contribution < -0.4 is 25.4 Å². The fraction of sp³-hybridized carbons (Fsp3) is 0.250. The second-order valence-corrected chi connectivity index (χ2v) is 6.04. The summed E-state index contributed by atoms with van der Waals surface area (Å²) < 4.78 is 10.5. The number of rotatable bonds is 10. The van der Waals surface area contributed by atoms with Gasteiger partial charge in [0.05, 0.1) is 14.2 Å². The Morgan fingerprint density at radius 3 is 2.20 bits per heavy atom. The summed E-state index contributed by atoms with van der Waals surface area (Å²) in [6.45, 7) is 1.59. The van der Waals surface area contributed by atoms with Crippen LogP contribution in [-0.2, 0) is 14.5 Å². The lowest BCUT2D eigenvalue weighted by Gasteiger charge is -2.20. The van der Waals surface area contributed by atoms with Gasteiger partial charge >= 0.3 is 11.9 Å². The number of nitrogens with one attached hydrogen (secondary N) is 2. The molecule has 0 saturated carbocycles. The molecule has 2 aromatic carbocycles. The van der Waals surface area contributed by atoms with Crippen molar-refractivity contribution in [2.75, 3.05) is 19.5 Å². The van der Waals surface area contributed by atoms with Crippen molar-refractivity contribution in [3.8, 4) is 17.2 Å². The number of aliphatic carboxylic acids is 1. The Hall–Kier alpha value is -3.95. The van der Waals surface area contributed by atoms with Gasteiger partial charge in [0.15, 0.2) is 23.3 Å². The second kappa shape index (κ2) is 10.0. The molecule has 0 heterocycles. The average molecular weight is 417 g/mol. The first-order valence-electron chi connectivity index (χ1n) is 8.87. The highest BCUT2D eigenvalue weighted by Gasteiger charge is 2.27. The summed E-state index contributed by atoms with van der Waals surface area (Å²) in [5.74, 6) is -1.46. The van der Waals surface area contributed by atoms with E-state index in [0.717, 1.165) is 0 Å². The van der Waals surface area contributed by atoms with E-state index < -0.39 is 18.0 Å². The van der Waals surface area contributed by atoms with Crippen molar-refractivity contribution in [3.05, 3.63) is 47.5 Å². The van der Waals surface area contributed by atoms with Gasteiger partial charge in [-0.15, -0.1) is 0 Å². The molecule has 1 atom stereocenters. The van der Waals surface area contributed by atoms with Crippen LogP contribution in [0.5, 0.6) is 17.2 Å². The van der Waals surface area contributed by atoms with Crippen LogP contribution in [0.1, 0.15) is 30.5 Å². The van der Waals surface area contributed by atoms with Crippen LogP contribution in [0.3, 0.4) is 0 Å². The Bertz CT molecular complexity index is 929. The van der Waals surface area contributed by atoms with Gasteiger partial charge in [0, 0.05) is 29.3 Å². The van der Waals surface area contributed by atoms with Crippen LogP contribution in [0.2, 0.25) is 0 Å². The summed E-state index contributed by atoms with van der Waals surface area (Å²) in [6, 6.07) is 7.84. The molecule has 0 saturated heterocycles. The predicted molar refractivity (Wildman–Crippen MR) is 108 cm³/mol. The summed E-state index contributed by atoms with van der Waals surface area (Å²) in [4.78, 5) is 33.4. The number of anilines is 1. The Morgan fingerprint density at radius 2 is 1.70 bits per heavy atom. The Morgan fingerprint density at radius 1 is 1.10 bits per heavy atom. The normalized spacial score (nSPS) is 11.2. The predicted octanol–water partition coefficient (Wildman–Crippen LogP) is 2.47. The number of nitrogens with two attached hydrogens (primary N) is 1. The molecular weight excluding hydrogens is 394 g/mol. The molecule has 2 aromatic rings. The molecule has 5 N–H and O–H groups in total. The van der Waals surface area contributed by atoms with Crippen LogP contribution in [-0.4, -0.2) is 37.1 Å². The molecule has 160 valence electrons. The number of hydrogen-bond acceptors (Lipinski definition) is 8. The molecule has 0 bridgehead atoms. The van der Waals surface area contributed by atoms with E-state index in [9.17, 15) is 14.7 Å². The first-order valence-corrected chi connectivity index (χ1v) is 8.87. The van der Waals surface area contributed by atoms with Crippen molar-refractivity contribution in [1.29, 1.82) is 5.41 Å². The van der Waals surface area contributed by atoms with Crippen molar-refractivity contribution in [3.63, 3.8) is 0 Å². The summed E-state index contributed by atoms with van der Waals surface area (Å²) >= 11 is 0. The number of methoxy groups -OCH3 is 2. The van der Waals surface area contributed by atoms with Gasteiger partial charge in [0.2, 0.25) is 0 Å². The summed E-state index contributed by atoms with van der Waals surface area (Å²) in [7, 11) is 2.81.